The van der Waals surface area contributed by atoms with E-state index in [2.05, 4.69) is 5.16 Å². The predicted molar refractivity (Wildman–Crippen MR) is 65.1 cm³/mol. The number of aromatic nitrogens is 1. The molecule has 7 heteroatoms. The lowest BCUT2D eigenvalue weighted by molar-refractivity contribution is 0.0774. The van der Waals surface area contributed by atoms with Crippen LogP contribution in [-0.4, -0.2) is 28.1 Å². The zero-order valence-corrected chi connectivity index (χ0v) is 10.9. The molecular weight excluding hydrogens is 270 g/mol. The third-order valence-corrected chi connectivity index (χ3v) is 2.67. The number of hydrogen-bond acceptors (Lipinski definition) is 4. The first-order valence-electron chi connectivity index (χ1n) is 5.74. The molecule has 0 aliphatic heterocycles. The van der Waals surface area contributed by atoms with Gasteiger partial charge in [0.25, 0.3) is 5.91 Å². The highest BCUT2D eigenvalue weighted by molar-refractivity contribution is 5.96. The van der Waals surface area contributed by atoms with Gasteiger partial charge in [0, 0.05) is 25.2 Å². The maximum atomic E-state index is 13.6. The number of carbonyl (C=O) groups excluding carboxylic acids is 1. The minimum absolute atomic E-state index is 0.0758. The van der Waals surface area contributed by atoms with Crippen molar-refractivity contribution in [2.24, 2.45) is 0 Å². The maximum Gasteiger partial charge on any atom is 0.260 e. The van der Waals surface area contributed by atoms with Crippen molar-refractivity contribution < 1.29 is 23.2 Å². The summed E-state index contributed by atoms with van der Waals surface area (Å²) >= 11 is 0. The highest BCUT2D eigenvalue weighted by atomic mass is 19.1. The quantitative estimate of drug-likeness (QED) is 0.937. The van der Waals surface area contributed by atoms with Gasteiger partial charge in [-0.3, -0.25) is 4.79 Å². The summed E-state index contributed by atoms with van der Waals surface area (Å²) in [4.78, 5) is 13.2. The number of phenols is 1. The topological polar surface area (TPSA) is 66.6 Å². The van der Waals surface area contributed by atoms with E-state index in [-0.39, 0.29) is 6.54 Å². The molecule has 0 saturated heterocycles. The van der Waals surface area contributed by atoms with Crippen LogP contribution in [0, 0.1) is 18.6 Å². The Labute approximate surface area is 113 Å². The lowest BCUT2D eigenvalue weighted by atomic mass is 10.1. The van der Waals surface area contributed by atoms with Crippen molar-refractivity contribution in [3.8, 4) is 5.75 Å². The predicted octanol–water partition coefficient (Wildman–Crippen LogP) is 2.24. The lowest BCUT2D eigenvalue weighted by Gasteiger charge is -2.16. The van der Waals surface area contributed by atoms with Crippen molar-refractivity contribution in [2.45, 2.75) is 13.5 Å². The van der Waals surface area contributed by atoms with E-state index in [0.717, 1.165) is 4.90 Å². The first kappa shape index (κ1) is 14.0. The Morgan fingerprint density at radius 1 is 1.40 bits per heavy atom. The van der Waals surface area contributed by atoms with Crippen LogP contribution >= 0.6 is 0 Å². The molecule has 1 N–H and O–H groups in total. The van der Waals surface area contributed by atoms with Crippen molar-refractivity contribution in [3.63, 3.8) is 0 Å². The largest absolute Gasteiger partial charge is 0.507 e. The van der Waals surface area contributed by atoms with Gasteiger partial charge in [-0.2, -0.15) is 0 Å². The second-order valence-corrected chi connectivity index (χ2v) is 4.37. The van der Waals surface area contributed by atoms with Crippen LogP contribution in [0.15, 0.2) is 22.7 Å². The molecule has 1 aromatic carbocycles. The molecule has 1 heterocycles. The summed E-state index contributed by atoms with van der Waals surface area (Å²) in [6.07, 6.45) is 0. The van der Waals surface area contributed by atoms with Crippen LogP contribution in [0.5, 0.6) is 5.75 Å². The van der Waals surface area contributed by atoms with Gasteiger partial charge in [-0.25, -0.2) is 8.78 Å². The molecular formula is C13H12F2N2O3. The van der Waals surface area contributed by atoms with Gasteiger partial charge in [-0.1, -0.05) is 5.16 Å². The molecule has 2 rings (SSSR count). The lowest BCUT2D eigenvalue weighted by Crippen LogP contribution is -2.27. The van der Waals surface area contributed by atoms with E-state index in [9.17, 15) is 18.7 Å². The number of phenolic OH excluding ortho intramolecular Hbond substituents is 1. The standard InChI is InChI=1S/C13H12F2N2O3/c1-7-3-9(16-20-7)6-17(2)13(19)12-10(15)4-8(14)5-11(12)18/h3-5,18H,6H2,1-2H3. The number of nitrogens with zero attached hydrogens (tertiary/aromatic N) is 2. The maximum absolute atomic E-state index is 13.6. The van der Waals surface area contributed by atoms with Crippen molar-refractivity contribution in [1.29, 1.82) is 0 Å². The summed E-state index contributed by atoms with van der Waals surface area (Å²) in [6, 6.07) is 2.86. The number of hydrogen-bond donors (Lipinski definition) is 1. The Morgan fingerprint density at radius 2 is 2.10 bits per heavy atom. The van der Waals surface area contributed by atoms with E-state index in [1.807, 2.05) is 0 Å². The molecule has 0 bridgehead atoms. The second kappa shape index (κ2) is 5.28. The van der Waals surface area contributed by atoms with Gasteiger partial charge >= 0.3 is 0 Å². The fraction of sp³-hybridized carbons (Fsp3) is 0.231. The molecule has 0 fully saturated rings. The summed E-state index contributed by atoms with van der Waals surface area (Å²) < 4.78 is 31.3. The number of rotatable bonds is 3. The molecule has 0 aliphatic rings. The SMILES string of the molecule is Cc1cc(CN(C)C(=O)c2c(O)cc(F)cc2F)no1. The van der Waals surface area contributed by atoms with Crippen LogP contribution in [0.4, 0.5) is 8.78 Å². The zero-order valence-electron chi connectivity index (χ0n) is 10.9. The molecule has 0 radical (unpaired) electrons. The highest BCUT2D eigenvalue weighted by Gasteiger charge is 2.22. The fourth-order valence-corrected chi connectivity index (χ4v) is 1.77. The van der Waals surface area contributed by atoms with Gasteiger partial charge in [0.15, 0.2) is 0 Å². The van der Waals surface area contributed by atoms with E-state index in [1.54, 1.807) is 13.0 Å². The first-order chi connectivity index (χ1) is 9.38. The van der Waals surface area contributed by atoms with Gasteiger partial charge < -0.3 is 14.5 Å². The van der Waals surface area contributed by atoms with E-state index in [1.165, 1.54) is 7.05 Å². The second-order valence-electron chi connectivity index (χ2n) is 4.37. The molecule has 0 spiro atoms. The number of aromatic hydroxyl groups is 1. The van der Waals surface area contributed by atoms with Crippen molar-refractivity contribution in [3.05, 3.63) is 46.9 Å². The summed E-state index contributed by atoms with van der Waals surface area (Å²) in [5, 5.41) is 13.2. The smallest absolute Gasteiger partial charge is 0.260 e. The molecule has 0 unspecified atom stereocenters. The van der Waals surface area contributed by atoms with Crippen LogP contribution in [0.3, 0.4) is 0 Å². The molecule has 0 aliphatic carbocycles. The average Bonchev–Trinajstić information content (AvgIpc) is 2.73. The van der Waals surface area contributed by atoms with Gasteiger partial charge in [0.05, 0.1) is 6.54 Å². The fourth-order valence-electron chi connectivity index (χ4n) is 1.77. The Hall–Kier alpha value is -2.44. The molecule has 1 amide bonds. The van der Waals surface area contributed by atoms with E-state index in [0.29, 0.717) is 23.6 Å². The molecule has 1 aromatic heterocycles. The first-order valence-corrected chi connectivity index (χ1v) is 5.74. The molecule has 106 valence electrons. The summed E-state index contributed by atoms with van der Waals surface area (Å²) in [5.41, 5.74) is -0.0884. The molecule has 5 nitrogen and oxygen atoms in total. The molecule has 0 atom stereocenters. The van der Waals surface area contributed by atoms with Crippen molar-refractivity contribution in [1.82, 2.24) is 10.1 Å². The third kappa shape index (κ3) is 2.76. The molecule has 20 heavy (non-hydrogen) atoms. The molecule has 2 aromatic rings. The Morgan fingerprint density at radius 3 is 2.65 bits per heavy atom. The Kier molecular flexibility index (Phi) is 3.69. The average molecular weight is 282 g/mol. The summed E-state index contributed by atoms with van der Waals surface area (Å²) in [7, 11) is 1.41. The van der Waals surface area contributed by atoms with Gasteiger partial charge in [-0.05, 0) is 6.92 Å². The van der Waals surface area contributed by atoms with Crippen LogP contribution in [-0.2, 0) is 6.54 Å². The minimum atomic E-state index is -1.12. The summed E-state index contributed by atoms with van der Waals surface area (Å²) in [6.45, 7) is 1.77. The van der Waals surface area contributed by atoms with Crippen LogP contribution in [0.2, 0.25) is 0 Å². The third-order valence-electron chi connectivity index (χ3n) is 2.67. The monoisotopic (exact) mass is 282 g/mol. The highest BCUT2D eigenvalue weighted by Crippen LogP contribution is 2.23. The number of halogens is 2. The van der Waals surface area contributed by atoms with Gasteiger partial charge in [0.1, 0.15) is 34.4 Å². The normalized spacial score (nSPS) is 10.6. The van der Waals surface area contributed by atoms with E-state index < -0.39 is 28.9 Å². The minimum Gasteiger partial charge on any atom is -0.507 e. The van der Waals surface area contributed by atoms with E-state index in [4.69, 9.17) is 4.52 Å². The number of carbonyl (C=O) groups is 1. The molecule has 0 saturated carbocycles. The van der Waals surface area contributed by atoms with Crippen LogP contribution < -0.4 is 0 Å². The number of aryl methyl sites for hydroxylation is 1. The van der Waals surface area contributed by atoms with Gasteiger partial charge in [0.2, 0.25) is 0 Å². The van der Waals surface area contributed by atoms with E-state index >= 15 is 0 Å². The number of amides is 1. The van der Waals surface area contributed by atoms with Crippen LogP contribution in [0.25, 0.3) is 0 Å². The van der Waals surface area contributed by atoms with Crippen molar-refractivity contribution >= 4 is 5.91 Å². The Balaban J connectivity index is 2.23. The van der Waals surface area contributed by atoms with Gasteiger partial charge in [-0.15, -0.1) is 0 Å². The zero-order chi connectivity index (χ0) is 14.9. The Bertz CT molecular complexity index is 632. The van der Waals surface area contributed by atoms with Crippen LogP contribution in [0.1, 0.15) is 21.8 Å². The summed E-state index contributed by atoms with van der Waals surface area (Å²) in [5.74, 6) is -3.00. The number of benzene rings is 1. The van der Waals surface area contributed by atoms with Crippen molar-refractivity contribution in [2.75, 3.05) is 7.05 Å².